The molecule has 0 radical (unpaired) electrons. The van der Waals surface area contributed by atoms with Crippen LogP contribution < -0.4 is 10.1 Å². The molecular formula is C21H22FNO2. The van der Waals surface area contributed by atoms with E-state index in [1.165, 1.54) is 12.1 Å². The zero-order valence-corrected chi connectivity index (χ0v) is 14.2. The first-order valence-electron chi connectivity index (χ1n) is 8.39. The molecule has 130 valence electrons. The molecule has 2 aromatic carbocycles. The van der Waals surface area contributed by atoms with Gasteiger partial charge in [-0.05, 0) is 48.9 Å². The van der Waals surface area contributed by atoms with Gasteiger partial charge in [0, 0.05) is 18.0 Å². The predicted molar refractivity (Wildman–Crippen MR) is 96.3 cm³/mol. The van der Waals surface area contributed by atoms with E-state index >= 15 is 0 Å². The number of furan rings is 1. The van der Waals surface area contributed by atoms with Gasteiger partial charge in [-0.3, -0.25) is 0 Å². The number of methoxy groups -OCH3 is 1. The van der Waals surface area contributed by atoms with Crippen LogP contribution in [0, 0.1) is 5.82 Å². The number of ether oxygens (including phenoxy) is 1. The Labute approximate surface area is 147 Å². The molecule has 3 rings (SSSR count). The number of para-hydroxylation sites is 1. The summed E-state index contributed by atoms with van der Waals surface area (Å²) in [5.41, 5.74) is 2.18. The van der Waals surface area contributed by atoms with Crippen LogP contribution in [0.25, 0.3) is 0 Å². The van der Waals surface area contributed by atoms with Crippen LogP contribution in [-0.4, -0.2) is 13.7 Å². The molecule has 1 N–H and O–H groups in total. The third-order valence-corrected chi connectivity index (χ3v) is 4.25. The monoisotopic (exact) mass is 339 g/mol. The van der Waals surface area contributed by atoms with Crippen LogP contribution in [0.3, 0.4) is 0 Å². The zero-order valence-electron chi connectivity index (χ0n) is 14.2. The second kappa shape index (κ2) is 8.49. The minimum absolute atomic E-state index is 0.117. The van der Waals surface area contributed by atoms with E-state index in [0.29, 0.717) is 6.54 Å². The number of rotatable bonds is 8. The molecule has 3 aromatic rings. The molecule has 0 saturated heterocycles. The van der Waals surface area contributed by atoms with Crippen molar-refractivity contribution in [2.24, 2.45) is 0 Å². The summed E-state index contributed by atoms with van der Waals surface area (Å²) in [6, 6.07) is 18.5. The largest absolute Gasteiger partial charge is 0.496 e. The maximum absolute atomic E-state index is 13.0. The standard InChI is InChI=1S/C21H22FNO2/c1-24-20-6-3-2-5-18(20)19(21-7-4-14-25-21)12-13-23-15-16-8-10-17(22)11-9-16/h2-11,14,19,23H,12-13,15H2,1H3. The lowest BCUT2D eigenvalue weighted by Gasteiger charge is -2.18. The molecule has 1 heterocycles. The molecule has 3 nitrogen and oxygen atoms in total. The molecule has 0 aliphatic carbocycles. The van der Waals surface area contributed by atoms with Gasteiger partial charge in [0.15, 0.2) is 0 Å². The fourth-order valence-electron chi connectivity index (χ4n) is 2.98. The van der Waals surface area contributed by atoms with Crippen LogP contribution in [0.15, 0.2) is 71.3 Å². The number of benzene rings is 2. The summed E-state index contributed by atoms with van der Waals surface area (Å²) in [5.74, 6) is 1.69. The summed E-state index contributed by atoms with van der Waals surface area (Å²) >= 11 is 0. The molecule has 0 fully saturated rings. The Morgan fingerprint density at radius 3 is 2.56 bits per heavy atom. The van der Waals surface area contributed by atoms with E-state index in [0.717, 1.165) is 35.6 Å². The summed E-state index contributed by atoms with van der Waals surface area (Å²) in [6.45, 7) is 1.51. The molecule has 4 heteroatoms. The molecule has 0 aliphatic heterocycles. The zero-order chi connectivity index (χ0) is 17.5. The summed E-state index contributed by atoms with van der Waals surface area (Å²) in [4.78, 5) is 0. The Balaban J connectivity index is 1.66. The van der Waals surface area contributed by atoms with E-state index in [1.807, 2.05) is 30.3 Å². The number of hydrogen-bond donors (Lipinski definition) is 1. The van der Waals surface area contributed by atoms with Gasteiger partial charge in [0.05, 0.1) is 13.4 Å². The number of halogens is 1. The van der Waals surface area contributed by atoms with Crippen molar-refractivity contribution in [3.8, 4) is 5.75 Å². The average molecular weight is 339 g/mol. The van der Waals surface area contributed by atoms with Gasteiger partial charge < -0.3 is 14.5 Å². The van der Waals surface area contributed by atoms with Crippen molar-refractivity contribution in [3.63, 3.8) is 0 Å². The van der Waals surface area contributed by atoms with Crippen molar-refractivity contribution < 1.29 is 13.5 Å². The Kier molecular flexibility index (Phi) is 5.86. The van der Waals surface area contributed by atoms with E-state index in [4.69, 9.17) is 9.15 Å². The van der Waals surface area contributed by atoms with Gasteiger partial charge in [0.2, 0.25) is 0 Å². The van der Waals surface area contributed by atoms with Crippen LogP contribution in [0.4, 0.5) is 4.39 Å². The summed E-state index contributed by atoms with van der Waals surface area (Å²) < 4.78 is 24.1. The highest BCUT2D eigenvalue weighted by molar-refractivity contribution is 5.39. The van der Waals surface area contributed by atoms with Crippen molar-refractivity contribution in [1.29, 1.82) is 0 Å². The Morgan fingerprint density at radius 2 is 1.84 bits per heavy atom. The topological polar surface area (TPSA) is 34.4 Å². The van der Waals surface area contributed by atoms with Crippen LogP contribution in [0.2, 0.25) is 0 Å². The quantitative estimate of drug-likeness (QED) is 0.602. The van der Waals surface area contributed by atoms with E-state index in [2.05, 4.69) is 11.4 Å². The second-order valence-electron chi connectivity index (χ2n) is 5.90. The highest BCUT2D eigenvalue weighted by atomic mass is 19.1. The lowest BCUT2D eigenvalue weighted by molar-refractivity contribution is 0.398. The first-order chi connectivity index (χ1) is 12.3. The number of nitrogens with one attached hydrogen (secondary N) is 1. The van der Waals surface area contributed by atoms with E-state index in [9.17, 15) is 4.39 Å². The van der Waals surface area contributed by atoms with Crippen molar-refractivity contribution in [2.45, 2.75) is 18.9 Å². The highest BCUT2D eigenvalue weighted by Crippen LogP contribution is 2.34. The maximum atomic E-state index is 13.0. The van der Waals surface area contributed by atoms with Gasteiger partial charge in [-0.25, -0.2) is 4.39 Å². The Bertz CT molecular complexity index is 769. The van der Waals surface area contributed by atoms with Crippen LogP contribution in [0.5, 0.6) is 5.75 Å². The van der Waals surface area contributed by atoms with Crippen LogP contribution in [0.1, 0.15) is 29.2 Å². The first-order valence-corrected chi connectivity index (χ1v) is 8.39. The van der Waals surface area contributed by atoms with Crippen LogP contribution in [-0.2, 0) is 6.54 Å². The molecule has 1 aromatic heterocycles. The molecule has 0 spiro atoms. The summed E-state index contributed by atoms with van der Waals surface area (Å²) in [7, 11) is 1.69. The molecule has 0 aliphatic rings. The lowest BCUT2D eigenvalue weighted by Crippen LogP contribution is -2.18. The molecule has 25 heavy (non-hydrogen) atoms. The van der Waals surface area contributed by atoms with Crippen molar-refractivity contribution in [2.75, 3.05) is 13.7 Å². The van der Waals surface area contributed by atoms with Crippen molar-refractivity contribution in [1.82, 2.24) is 5.32 Å². The van der Waals surface area contributed by atoms with Gasteiger partial charge in [0.1, 0.15) is 17.3 Å². The Hall–Kier alpha value is -2.59. The maximum Gasteiger partial charge on any atom is 0.123 e. The fraction of sp³-hybridized carbons (Fsp3) is 0.238. The second-order valence-corrected chi connectivity index (χ2v) is 5.90. The normalized spacial score (nSPS) is 12.1. The minimum atomic E-state index is -0.210. The van der Waals surface area contributed by atoms with E-state index < -0.39 is 0 Å². The van der Waals surface area contributed by atoms with Gasteiger partial charge in [-0.1, -0.05) is 30.3 Å². The molecule has 1 unspecified atom stereocenters. The summed E-state index contributed by atoms with van der Waals surface area (Å²) in [5, 5.41) is 3.42. The molecule has 0 bridgehead atoms. The van der Waals surface area contributed by atoms with Crippen molar-refractivity contribution in [3.05, 3.63) is 89.6 Å². The van der Waals surface area contributed by atoms with Crippen LogP contribution >= 0.6 is 0 Å². The van der Waals surface area contributed by atoms with Gasteiger partial charge in [-0.2, -0.15) is 0 Å². The lowest BCUT2D eigenvalue weighted by atomic mass is 9.92. The van der Waals surface area contributed by atoms with Gasteiger partial charge in [-0.15, -0.1) is 0 Å². The molecule has 0 amide bonds. The molecule has 1 atom stereocenters. The first kappa shape index (κ1) is 17.2. The SMILES string of the molecule is COc1ccccc1C(CCNCc1ccc(F)cc1)c1ccco1. The molecular weight excluding hydrogens is 317 g/mol. The van der Waals surface area contributed by atoms with E-state index in [-0.39, 0.29) is 11.7 Å². The summed E-state index contributed by atoms with van der Waals surface area (Å²) in [6.07, 6.45) is 2.57. The smallest absolute Gasteiger partial charge is 0.123 e. The Morgan fingerprint density at radius 1 is 1.04 bits per heavy atom. The number of hydrogen-bond acceptors (Lipinski definition) is 3. The fourth-order valence-corrected chi connectivity index (χ4v) is 2.98. The third kappa shape index (κ3) is 4.48. The average Bonchev–Trinajstić information content (AvgIpc) is 3.18. The van der Waals surface area contributed by atoms with Crippen molar-refractivity contribution >= 4 is 0 Å². The van der Waals surface area contributed by atoms with Gasteiger partial charge in [0.25, 0.3) is 0 Å². The molecule has 0 saturated carbocycles. The predicted octanol–water partition coefficient (Wildman–Crippen LogP) is 4.74. The third-order valence-electron chi connectivity index (χ3n) is 4.25. The minimum Gasteiger partial charge on any atom is -0.496 e. The van der Waals surface area contributed by atoms with E-state index in [1.54, 1.807) is 25.5 Å². The van der Waals surface area contributed by atoms with Gasteiger partial charge >= 0.3 is 0 Å². The highest BCUT2D eigenvalue weighted by Gasteiger charge is 2.20.